The Hall–Kier alpha value is -0.520. The van der Waals surface area contributed by atoms with Gasteiger partial charge in [-0.15, -0.1) is 6.42 Å². The van der Waals surface area contributed by atoms with E-state index in [-0.39, 0.29) is 11.6 Å². The van der Waals surface area contributed by atoms with Crippen LogP contribution in [0.15, 0.2) is 0 Å². The van der Waals surface area contributed by atoms with Crippen molar-refractivity contribution < 1.29 is 0 Å². The Labute approximate surface area is 100 Å². The van der Waals surface area contributed by atoms with Crippen LogP contribution in [0.2, 0.25) is 0 Å². The lowest BCUT2D eigenvalue weighted by molar-refractivity contribution is 0.0833. The summed E-state index contributed by atoms with van der Waals surface area (Å²) < 4.78 is 0. The number of nitrogens with two attached hydrogens (primary N) is 1. The van der Waals surface area contributed by atoms with Crippen LogP contribution in [0.4, 0.5) is 0 Å². The Morgan fingerprint density at radius 1 is 1.50 bits per heavy atom. The zero-order valence-electron chi connectivity index (χ0n) is 11.1. The van der Waals surface area contributed by atoms with E-state index in [4.69, 9.17) is 12.2 Å². The van der Waals surface area contributed by atoms with Crippen molar-refractivity contribution >= 4 is 0 Å². The first kappa shape index (κ1) is 13.5. The highest BCUT2D eigenvalue weighted by atomic mass is 15.0. The lowest BCUT2D eigenvalue weighted by atomic mass is 9.64. The highest BCUT2D eigenvalue weighted by Crippen LogP contribution is 2.43. The smallest absolute Gasteiger partial charge is 0.0663 e. The second-order valence-electron chi connectivity index (χ2n) is 6.37. The molecule has 1 fully saturated rings. The van der Waals surface area contributed by atoms with Gasteiger partial charge in [0, 0.05) is 12.1 Å². The molecule has 16 heavy (non-hydrogen) atoms. The van der Waals surface area contributed by atoms with Gasteiger partial charge in [0.15, 0.2) is 0 Å². The second kappa shape index (κ2) is 4.77. The molecule has 3 N–H and O–H groups in total. The molecule has 0 saturated heterocycles. The summed E-state index contributed by atoms with van der Waals surface area (Å²) in [7, 11) is 0. The summed E-state index contributed by atoms with van der Waals surface area (Å²) in [6, 6.07) is 0.102. The van der Waals surface area contributed by atoms with Gasteiger partial charge in [-0.05, 0) is 37.5 Å². The van der Waals surface area contributed by atoms with Gasteiger partial charge >= 0.3 is 0 Å². The van der Waals surface area contributed by atoms with Gasteiger partial charge in [-0.1, -0.05) is 26.7 Å². The molecule has 1 aliphatic carbocycles. The zero-order chi connectivity index (χ0) is 12.4. The van der Waals surface area contributed by atoms with E-state index in [1.807, 2.05) is 6.92 Å². The summed E-state index contributed by atoms with van der Waals surface area (Å²) in [5.41, 5.74) is 6.39. The topological polar surface area (TPSA) is 38.0 Å². The molecule has 3 atom stereocenters. The first-order valence-corrected chi connectivity index (χ1v) is 6.26. The minimum Gasteiger partial charge on any atom is -0.329 e. The molecule has 0 aromatic rings. The highest BCUT2D eigenvalue weighted by molar-refractivity contribution is 5.06. The lowest BCUT2D eigenvalue weighted by Crippen LogP contribution is -2.59. The Bertz CT molecular complexity index is 277. The molecule has 0 aromatic carbocycles. The maximum absolute atomic E-state index is 5.99. The summed E-state index contributed by atoms with van der Waals surface area (Å²) in [5, 5.41) is 3.56. The third-order valence-electron chi connectivity index (χ3n) is 3.62. The van der Waals surface area contributed by atoms with Crippen LogP contribution in [0.1, 0.15) is 47.0 Å². The minimum atomic E-state index is 0.0347. The van der Waals surface area contributed by atoms with Crippen molar-refractivity contribution in [2.24, 2.45) is 17.1 Å². The molecule has 0 amide bonds. The number of terminal acetylenes is 1. The number of nitrogens with one attached hydrogen (secondary N) is 1. The van der Waals surface area contributed by atoms with E-state index in [0.717, 1.165) is 12.8 Å². The van der Waals surface area contributed by atoms with Crippen molar-refractivity contribution in [2.45, 2.75) is 58.5 Å². The normalized spacial score (nSPS) is 35.4. The predicted octanol–water partition coefficient (Wildman–Crippen LogP) is 2.14. The SMILES string of the molecule is C#CC(C)NC1(CN)CC(C)CC(C)(C)C1. The maximum Gasteiger partial charge on any atom is 0.0663 e. The van der Waals surface area contributed by atoms with Gasteiger partial charge in [0.05, 0.1) is 6.04 Å². The molecule has 92 valence electrons. The van der Waals surface area contributed by atoms with Gasteiger partial charge in [0.2, 0.25) is 0 Å². The summed E-state index contributed by atoms with van der Waals surface area (Å²) in [4.78, 5) is 0. The number of hydrogen-bond donors (Lipinski definition) is 2. The Balaban J connectivity index is 2.82. The predicted molar refractivity (Wildman–Crippen MR) is 70.0 cm³/mol. The fraction of sp³-hybridized carbons (Fsp3) is 0.857. The van der Waals surface area contributed by atoms with Crippen molar-refractivity contribution in [1.82, 2.24) is 5.32 Å². The van der Waals surface area contributed by atoms with Gasteiger partial charge in [-0.3, -0.25) is 5.32 Å². The molecule has 0 aromatic heterocycles. The fourth-order valence-corrected chi connectivity index (χ4v) is 3.57. The minimum absolute atomic E-state index is 0.0347. The van der Waals surface area contributed by atoms with Crippen LogP contribution < -0.4 is 11.1 Å². The van der Waals surface area contributed by atoms with E-state index in [2.05, 4.69) is 32.0 Å². The standard InChI is InChI=1S/C14H26N2/c1-6-12(3)16-14(10-15)8-11(2)7-13(4,5)9-14/h1,11-12,16H,7-10,15H2,2-5H3. The van der Waals surface area contributed by atoms with Crippen molar-refractivity contribution in [3.63, 3.8) is 0 Å². The molecular formula is C14H26N2. The van der Waals surface area contributed by atoms with E-state index in [0.29, 0.717) is 17.9 Å². The van der Waals surface area contributed by atoms with Crippen molar-refractivity contribution in [3.05, 3.63) is 0 Å². The van der Waals surface area contributed by atoms with Gasteiger partial charge in [0.25, 0.3) is 0 Å². The van der Waals surface area contributed by atoms with Crippen molar-refractivity contribution in [2.75, 3.05) is 6.54 Å². The van der Waals surface area contributed by atoms with Crippen molar-refractivity contribution in [1.29, 1.82) is 0 Å². The fourth-order valence-electron chi connectivity index (χ4n) is 3.57. The third-order valence-corrected chi connectivity index (χ3v) is 3.62. The number of rotatable bonds is 3. The van der Waals surface area contributed by atoms with E-state index in [9.17, 15) is 0 Å². The molecule has 1 aliphatic rings. The quantitative estimate of drug-likeness (QED) is 0.718. The van der Waals surface area contributed by atoms with E-state index in [1.165, 1.54) is 6.42 Å². The summed E-state index contributed by atoms with van der Waals surface area (Å²) in [6.45, 7) is 9.68. The zero-order valence-corrected chi connectivity index (χ0v) is 11.1. The van der Waals surface area contributed by atoms with Crippen LogP contribution >= 0.6 is 0 Å². The Kier molecular flexibility index (Phi) is 4.04. The molecule has 2 nitrogen and oxygen atoms in total. The average molecular weight is 222 g/mol. The van der Waals surface area contributed by atoms with Gasteiger partial charge in [0.1, 0.15) is 0 Å². The van der Waals surface area contributed by atoms with Gasteiger partial charge < -0.3 is 5.73 Å². The van der Waals surface area contributed by atoms with Gasteiger partial charge in [-0.25, -0.2) is 0 Å². The number of hydrogen-bond acceptors (Lipinski definition) is 2. The van der Waals surface area contributed by atoms with Crippen LogP contribution in [0.25, 0.3) is 0 Å². The molecule has 0 radical (unpaired) electrons. The molecule has 0 aliphatic heterocycles. The van der Waals surface area contributed by atoms with Crippen LogP contribution in [0.5, 0.6) is 0 Å². The van der Waals surface area contributed by atoms with Crippen molar-refractivity contribution in [3.8, 4) is 12.3 Å². The largest absolute Gasteiger partial charge is 0.329 e. The van der Waals surface area contributed by atoms with Crippen LogP contribution in [-0.4, -0.2) is 18.1 Å². The summed E-state index contributed by atoms with van der Waals surface area (Å²) in [5.74, 6) is 3.46. The van der Waals surface area contributed by atoms with Crippen LogP contribution in [0, 0.1) is 23.7 Å². The third kappa shape index (κ3) is 3.23. The molecule has 3 unspecified atom stereocenters. The Morgan fingerprint density at radius 2 is 2.12 bits per heavy atom. The van der Waals surface area contributed by atoms with Crippen LogP contribution in [0.3, 0.4) is 0 Å². The molecular weight excluding hydrogens is 196 g/mol. The monoisotopic (exact) mass is 222 g/mol. The lowest BCUT2D eigenvalue weighted by Gasteiger charge is -2.48. The summed E-state index contributed by atoms with van der Waals surface area (Å²) >= 11 is 0. The van der Waals surface area contributed by atoms with E-state index in [1.54, 1.807) is 0 Å². The van der Waals surface area contributed by atoms with E-state index >= 15 is 0 Å². The molecule has 2 heteroatoms. The highest BCUT2D eigenvalue weighted by Gasteiger charge is 2.42. The molecule has 0 bridgehead atoms. The van der Waals surface area contributed by atoms with Gasteiger partial charge in [-0.2, -0.15) is 0 Å². The average Bonchev–Trinajstić information content (AvgIpc) is 2.14. The first-order chi connectivity index (χ1) is 7.32. The molecule has 0 heterocycles. The second-order valence-corrected chi connectivity index (χ2v) is 6.37. The molecule has 1 saturated carbocycles. The Morgan fingerprint density at radius 3 is 2.56 bits per heavy atom. The maximum atomic E-state index is 5.99. The van der Waals surface area contributed by atoms with Crippen LogP contribution in [-0.2, 0) is 0 Å². The first-order valence-electron chi connectivity index (χ1n) is 6.26. The molecule has 1 rings (SSSR count). The molecule has 0 spiro atoms. The van der Waals surface area contributed by atoms with E-state index < -0.39 is 0 Å². The summed E-state index contributed by atoms with van der Waals surface area (Å²) in [6.07, 6.45) is 8.99.